The Bertz CT molecular complexity index is 791. The van der Waals surface area contributed by atoms with Crippen LogP contribution in [0, 0.1) is 0 Å². The van der Waals surface area contributed by atoms with Crippen LogP contribution in [0.3, 0.4) is 0 Å². The van der Waals surface area contributed by atoms with Crippen LogP contribution >= 0.6 is 0 Å². The zero-order valence-electron chi connectivity index (χ0n) is 11.7. The van der Waals surface area contributed by atoms with E-state index in [1.165, 1.54) is 0 Å². The molecule has 21 heavy (non-hydrogen) atoms. The van der Waals surface area contributed by atoms with E-state index in [0.29, 0.717) is 17.7 Å². The van der Waals surface area contributed by atoms with Crippen LogP contribution in [-0.2, 0) is 0 Å². The van der Waals surface area contributed by atoms with Crippen molar-refractivity contribution < 1.29 is 9.53 Å². The Hall–Kier alpha value is -2.68. The Morgan fingerprint density at radius 3 is 2.81 bits per heavy atom. The molecule has 0 unspecified atom stereocenters. The molecule has 0 fully saturated rings. The van der Waals surface area contributed by atoms with Gasteiger partial charge < -0.3 is 4.74 Å². The van der Waals surface area contributed by atoms with Crippen molar-refractivity contribution in [3.05, 3.63) is 66.4 Å². The summed E-state index contributed by atoms with van der Waals surface area (Å²) in [5.74, 6) is 1.51. The lowest BCUT2D eigenvalue weighted by Crippen LogP contribution is -1.96. The third-order valence-corrected chi connectivity index (χ3v) is 3.31. The average molecular weight is 277 g/mol. The first-order chi connectivity index (χ1) is 10.3. The maximum absolute atomic E-state index is 11.8. The van der Waals surface area contributed by atoms with Gasteiger partial charge in [-0.25, -0.2) is 0 Å². The number of ether oxygens (including phenoxy) is 1. The van der Waals surface area contributed by atoms with E-state index in [1.807, 2.05) is 55.5 Å². The second kappa shape index (κ2) is 5.75. The van der Waals surface area contributed by atoms with Gasteiger partial charge in [-0.2, -0.15) is 0 Å². The second-order valence-corrected chi connectivity index (χ2v) is 4.73. The van der Waals surface area contributed by atoms with Crippen molar-refractivity contribution >= 4 is 16.7 Å². The minimum absolute atomic E-state index is 0.111. The highest BCUT2D eigenvalue weighted by atomic mass is 16.5. The first-order valence-corrected chi connectivity index (χ1v) is 6.93. The normalized spacial score (nSPS) is 10.5. The van der Waals surface area contributed by atoms with Gasteiger partial charge >= 0.3 is 0 Å². The molecule has 0 saturated heterocycles. The molecule has 0 aliphatic rings. The maximum atomic E-state index is 11.8. The molecule has 0 N–H and O–H groups in total. The molecule has 1 aromatic heterocycles. The molecule has 0 aliphatic carbocycles. The van der Waals surface area contributed by atoms with Gasteiger partial charge in [-0.1, -0.05) is 25.1 Å². The number of pyridine rings is 1. The van der Waals surface area contributed by atoms with E-state index in [-0.39, 0.29) is 5.78 Å². The van der Waals surface area contributed by atoms with Gasteiger partial charge in [-0.15, -0.1) is 0 Å². The molecule has 0 aliphatic heterocycles. The highest BCUT2D eigenvalue weighted by molar-refractivity contribution is 5.96. The number of ketones is 1. The molecule has 0 amide bonds. The van der Waals surface area contributed by atoms with Crippen molar-refractivity contribution in [2.24, 2.45) is 0 Å². The van der Waals surface area contributed by atoms with Crippen LogP contribution in [0.5, 0.6) is 11.5 Å². The number of fused-ring (bicyclic) bond motifs is 1. The number of aromatic nitrogens is 1. The maximum Gasteiger partial charge on any atom is 0.162 e. The molecule has 3 aromatic rings. The van der Waals surface area contributed by atoms with E-state index in [2.05, 4.69) is 4.98 Å². The quantitative estimate of drug-likeness (QED) is 0.653. The lowest BCUT2D eigenvalue weighted by Gasteiger charge is -2.09. The number of rotatable bonds is 4. The first kappa shape index (κ1) is 13.3. The van der Waals surface area contributed by atoms with Crippen LogP contribution in [0.2, 0.25) is 0 Å². The summed E-state index contributed by atoms with van der Waals surface area (Å²) in [6.45, 7) is 1.85. The lowest BCUT2D eigenvalue weighted by atomic mass is 10.1. The Morgan fingerprint density at radius 2 is 1.95 bits per heavy atom. The van der Waals surface area contributed by atoms with Crippen molar-refractivity contribution in [1.29, 1.82) is 0 Å². The number of Topliss-reactive ketones (excluding diaryl/α,β-unsaturated/α-hetero) is 1. The molecule has 0 radical (unpaired) electrons. The minimum Gasteiger partial charge on any atom is -0.457 e. The standard InChI is InChI=1S/C18H15NO2/c1-2-17(20)13-6-3-7-14(12-13)21-18-10-4-9-16-15(18)8-5-11-19-16/h3-12H,2H2,1H3. The van der Waals surface area contributed by atoms with Gasteiger partial charge in [-0.3, -0.25) is 9.78 Å². The molecule has 3 rings (SSSR count). The predicted molar refractivity (Wildman–Crippen MR) is 82.9 cm³/mol. The van der Waals surface area contributed by atoms with E-state index >= 15 is 0 Å². The molecule has 2 aromatic carbocycles. The van der Waals surface area contributed by atoms with Gasteiger partial charge in [-0.05, 0) is 36.4 Å². The fourth-order valence-electron chi connectivity index (χ4n) is 2.23. The molecule has 0 spiro atoms. The van der Waals surface area contributed by atoms with Gasteiger partial charge in [0.1, 0.15) is 11.5 Å². The highest BCUT2D eigenvalue weighted by Gasteiger charge is 2.07. The van der Waals surface area contributed by atoms with Gasteiger partial charge in [0.25, 0.3) is 0 Å². The van der Waals surface area contributed by atoms with Crippen LogP contribution in [-0.4, -0.2) is 10.8 Å². The first-order valence-electron chi connectivity index (χ1n) is 6.93. The molecular weight excluding hydrogens is 262 g/mol. The van der Waals surface area contributed by atoms with Crippen LogP contribution in [0.1, 0.15) is 23.7 Å². The number of hydrogen-bond donors (Lipinski definition) is 0. The SMILES string of the molecule is CCC(=O)c1cccc(Oc2cccc3ncccc23)c1. The molecule has 1 heterocycles. The Morgan fingerprint density at radius 1 is 1.10 bits per heavy atom. The van der Waals surface area contributed by atoms with Crippen molar-refractivity contribution in [2.75, 3.05) is 0 Å². The van der Waals surface area contributed by atoms with Gasteiger partial charge in [0.2, 0.25) is 0 Å². The molecule has 0 saturated carbocycles. The van der Waals surface area contributed by atoms with E-state index in [1.54, 1.807) is 12.3 Å². The second-order valence-electron chi connectivity index (χ2n) is 4.73. The molecular formula is C18H15NO2. The fraction of sp³-hybridized carbons (Fsp3) is 0.111. The molecule has 3 heteroatoms. The predicted octanol–water partition coefficient (Wildman–Crippen LogP) is 4.62. The minimum atomic E-state index is 0.111. The topological polar surface area (TPSA) is 39.2 Å². The molecule has 104 valence electrons. The summed E-state index contributed by atoms with van der Waals surface area (Å²) in [7, 11) is 0. The fourth-order valence-corrected chi connectivity index (χ4v) is 2.23. The Kier molecular flexibility index (Phi) is 3.65. The zero-order chi connectivity index (χ0) is 14.7. The zero-order valence-corrected chi connectivity index (χ0v) is 11.7. The monoisotopic (exact) mass is 277 g/mol. The Labute approximate surface area is 123 Å². The third kappa shape index (κ3) is 2.77. The van der Waals surface area contributed by atoms with Crippen LogP contribution < -0.4 is 4.74 Å². The molecule has 3 nitrogen and oxygen atoms in total. The highest BCUT2D eigenvalue weighted by Crippen LogP contribution is 2.29. The Balaban J connectivity index is 1.97. The third-order valence-electron chi connectivity index (χ3n) is 3.31. The average Bonchev–Trinajstić information content (AvgIpc) is 2.55. The van der Waals surface area contributed by atoms with Crippen molar-refractivity contribution in [3.8, 4) is 11.5 Å². The summed E-state index contributed by atoms with van der Waals surface area (Å²) in [5, 5.41) is 0.951. The van der Waals surface area contributed by atoms with E-state index in [9.17, 15) is 4.79 Å². The number of carbonyl (C=O) groups is 1. The van der Waals surface area contributed by atoms with E-state index < -0.39 is 0 Å². The summed E-state index contributed by atoms with van der Waals surface area (Å²) in [4.78, 5) is 16.1. The van der Waals surface area contributed by atoms with Crippen LogP contribution in [0.25, 0.3) is 10.9 Å². The summed E-state index contributed by atoms with van der Waals surface area (Å²) in [6, 6.07) is 16.9. The van der Waals surface area contributed by atoms with Gasteiger partial charge in [0, 0.05) is 23.6 Å². The summed E-state index contributed by atoms with van der Waals surface area (Å²) < 4.78 is 5.93. The summed E-state index contributed by atoms with van der Waals surface area (Å²) in [5.41, 5.74) is 1.56. The van der Waals surface area contributed by atoms with Crippen molar-refractivity contribution in [3.63, 3.8) is 0 Å². The van der Waals surface area contributed by atoms with Crippen molar-refractivity contribution in [1.82, 2.24) is 4.98 Å². The van der Waals surface area contributed by atoms with Crippen LogP contribution in [0.15, 0.2) is 60.8 Å². The van der Waals surface area contributed by atoms with E-state index in [0.717, 1.165) is 16.7 Å². The van der Waals surface area contributed by atoms with Gasteiger partial charge in [0.05, 0.1) is 5.52 Å². The van der Waals surface area contributed by atoms with Crippen molar-refractivity contribution in [2.45, 2.75) is 13.3 Å². The molecule has 0 atom stereocenters. The number of benzene rings is 2. The smallest absolute Gasteiger partial charge is 0.162 e. The molecule has 0 bridgehead atoms. The summed E-state index contributed by atoms with van der Waals surface area (Å²) >= 11 is 0. The van der Waals surface area contributed by atoms with Crippen LogP contribution in [0.4, 0.5) is 0 Å². The van der Waals surface area contributed by atoms with E-state index in [4.69, 9.17) is 4.74 Å². The number of hydrogen-bond acceptors (Lipinski definition) is 3. The number of nitrogens with zero attached hydrogens (tertiary/aromatic N) is 1. The number of carbonyl (C=O) groups excluding carboxylic acids is 1. The summed E-state index contributed by atoms with van der Waals surface area (Å²) in [6.07, 6.45) is 2.24. The largest absolute Gasteiger partial charge is 0.457 e. The van der Waals surface area contributed by atoms with Gasteiger partial charge in [0.15, 0.2) is 5.78 Å². The lowest BCUT2D eigenvalue weighted by molar-refractivity contribution is 0.0988.